The third-order valence-corrected chi connectivity index (χ3v) is 5.81. The van der Waals surface area contributed by atoms with Gasteiger partial charge >= 0.3 is 0 Å². The Morgan fingerprint density at radius 3 is 2.50 bits per heavy atom. The summed E-state index contributed by atoms with van der Waals surface area (Å²) in [5, 5.41) is 13.9. The van der Waals surface area contributed by atoms with Crippen LogP contribution in [-0.2, 0) is 17.8 Å². The summed E-state index contributed by atoms with van der Waals surface area (Å²) >= 11 is 0. The highest BCUT2D eigenvalue weighted by Crippen LogP contribution is 2.28. The molecule has 0 bridgehead atoms. The Hall–Kier alpha value is -3.48. The molecule has 0 unspecified atom stereocenters. The van der Waals surface area contributed by atoms with Crippen LogP contribution >= 0.6 is 0 Å². The van der Waals surface area contributed by atoms with Gasteiger partial charge in [-0.1, -0.05) is 48.3 Å². The van der Waals surface area contributed by atoms with Crippen molar-refractivity contribution < 1.29 is 9.32 Å². The number of carbonyl (C=O) groups is 1. The van der Waals surface area contributed by atoms with Gasteiger partial charge in [-0.05, 0) is 31.0 Å². The van der Waals surface area contributed by atoms with E-state index in [9.17, 15) is 9.59 Å². The standard InChI is InChI=1S/C23H22N4O3/c28-22(13-19-18-11-5-6-12-21(18)30-26-19)24-14-20-16-9-3-4-10-17(16)23(29)27(25-20)15-7-1-2-8-15/h3-6,9-12,15H,1-2,7-8,13-14H2,(H,24,28). The SMILES string of the molecule is O=C(Cc1noc2ccccc12)NCc1nn(C2CCCC2)c(=O)c2ccccc12. The highest BCUT2D eigenvalue weighted by atomic mass is 16.5. The molecular formula is C23H22N4O3. The number of benzene rings is 2. The number of aromatic nitrogens is 3. The second-order valence-corrected chi connectivity index (χ2v) is 7.76. The Morgan fingerprint density at radius 1 is 1.00 bits per heavy atom. The van der Waals surface area contributed by atoms with Gasteiger partial charge in [0.15, 0.2) is 5.58 Å². The molecule has 0 aliphatic heterocycles. The topological polar surface area (TPSA) is 90.0 Å². The van der Waals surface area contributed by atoms with Crippen molar-refractivity contribution in [3.05, 3.63) is 70.3 Å². The lowest BCUT2D eigenvalue weighted by Crippen LogP contribution is -2.30. The molecule has 1 amide bonds. The second-order valence-electron chi connectivity index (χ2n) is 7.76. The number of rotatable bonds is 5. The van der Waals surface area contributed by atoms with Crippen molar-refractivity contribution in [1.82, 2.24) is 20.3 Å². The molecule has 152 valence electrons. The predicted octanol–water partition coefficient (Wildman–Crippen LogP) is 3.51. The molecule has 2 aromatic heterocycles. The van der Waals surface area contributed by atoms with E-state index in [1.807, 2.05) is 48.5 Å². The van der Waals surface area contributed by atoms with Crippen LogP contribution in [0.1, 0.15) is 43.1 Å². The third kappa shape index (κ3) is 3.36. The first-order valence-electron chi connectivity index (χ1n) is 10.3. The van der Waals surface area contributed by atoms with Crippen LogP contribution in [0.25, 0.3) is 21.7 Å². The molecule has 1 N–H and O–H groups in total. The Morgan fingerprint density at radius 2 is 1.70 bits per heavy atom. The van der Waals surface area contributed by atoms with Gasteiger partial charge < -0.3 is 9.84 Å². The summed E-state index contributed by atoms with van der Waals surface area (Å²) in [6, 6.07) is 15.1. The van der Waals surface area contributed by atoms with Crippen LogP contribution in [0, 0.1) is 0 Å². The number of amides is 1. The molecule has 0 atom stereocenters. The van der Waals surface area contributed by atoms with E-state index in [0.29, 0.717) is 22.4 Å². The number of fused-ring (bicyclic) bond motifs is 2. The van der Waals surface area contributed by atoms with E-state index in [2.05, 4.69) is 15.6 Å². The van der Waals surface area contributed by atoms with E-state index in [4.69, 9.17) is 4.52 Å². The summed E-state index contributed by atoms with van der Waals surface area (Å²) in [7, 11) is 0. The predicted molar refractivity (Wildman–Crippen MR) is 113 cm³/mol. The molecule has 1 fully saturated rings. The molecule has 1 saturated carbocycles. The summed E-state index contributed by atoms with van der Waals surface area (Å²) in [5.41, 5.74) is 1.92. The molecule has 0 radical (unpaired) electrons. The Bertz CT molecular complexity index is 1280. The monoisotopic (exact) mass is 402 g/mol. The van der Waals surface area contributed by atoms with E-state index >= 15 is 0 Å². The van der Waals surface area contributed by atoms with Crippen molar-refractivity contribution in [2.24, 2.45) is 0 Å². The molecule has 2 aromatic carbocycles. The highest BCUT2D eigenvalue weighted by Gasteiger charge is 2.21. The van der Waals surface area contributed by atoms with Gasteiger partial charge in [-0.2, -0.15) is 5.10 Å². The number of nitrogens with one attached hydrogen (secondary N) is 1. The first-order valence-corrected chi connectivity index (χ1v) is 10.3. The fourth-order valence-electron chi connectivity index (χ4n) is 4.26. The van der Waals surface area contributed by atoms with Crippen molar-refractivity contribution >= 4 is 27.6 Å². The number of nitrogens with zero attached hydrogens (tertiary/aromatic N) is 3. The number of hydrogen-bond donors (Lipinski definition) is 1. The van der Waals surface area contributed by atoms with Crippen LogP contribution in [0.4, 0.5) is 0 Å². The normalized spacial score (nSPS) is 14.5. The largest absolute Gasteiger partial charge is 0.356 e. The number of hydrogen-bond acceptors (Lipinski definition) is 5. The molecule has 1 aliphatic rings. The lowest BCUT2D eigenvalue weighted by molar-refractivity contribution is -0.120. The fraction of sp³-hybridized carbons (Fsp3) is 0.304. The van der Waals surface area contributed by atoms with Crippen LogP contribution in [0.15, 0.2) is 57.8 Å². The molecule has 1 aliphatic carbocycles. The zero-order valence-electron chi connectivity index (χ0n) is 16.5. The Labute approximate surface area is 172 Å². The smallest absolute Gasteiger partial charge is 0.274 e. The minimum Gasteiger partial charge on any atom is -0.356 e. The zero-order chi connectivity index (χ0) is 20.5. The summed E-state index contributed by atoms with van der Waals surface area (Å²) in [5.74, 6) is -0.168. The summed E-state index contributed by atoms with van der Waals surface area (Å²) < 4.78 is 6.90. The van der Waals surface area contributed by atoms with Crippen LogP contribution in [0.3, 0.4) is 0 Å². The van der Waals surface area contributed by atoms with Crippen molar-refractivity contribution in [3.63, 3.8) is 0 Å². The first kappa shape index (κ1) is 18.5. The average molecular weight is 402 g/mol. The van der Waals surface area contributed by atoms with Crippen molar-refractivity contribution in [2.45, 2.75) is 44.7 Å². The van der Waals surface area contributed by atoms with E-state index < -0.39 is 0 Å². The third-order valence-electron chi connectivity index (χ3n) is 5.81. The molecule has 2 heterocycles. The van der Waals surface area contributed by atoms with Gasteiger partial charge in [0.2, 0.25) is 5.91 Å². The highest BCUT2D eigenvalue weighted by molar-refractivity contribution is 5.87. The molecule has 4 aromatic rings. The minimum atomic E-state index is -0.168. The number of para-hydroxylation sites is 1. The lowest BCUT2D eigenvalue weighted by Gasteiger charge is -2.16. The quantitative estimate of drug-likeness (QED) is 0.552. The van der Waals surface area contributed by atoms with E-state index in [1.54, 1.807) is 4.68 Å². The number of carbonyl (C=O) groups excluding carboxylic acids is 1. The second kappa shape index (κ2) is 7.74. The molecule has 5 rings (SSSR count). The zero-order valence-corrected chi connectivity index (χ0v) is 16.5. The molecule has 7 nitrogen and oxygen atoms in total. The van der Waals surface area contributed by atoms with Crippen LogP contribution in [0.5, 0.6) is 0 Å². The fourth-order valence-corrected chi connectivity index (χ4v) is 4.26. The van der Waals surface area contributed by atoms with E-state index in [1.165, 1.54) is 0 Å². The van der Waals surface area contributed by atoms with Crippen molar-refractivity contribution in [1.29, 1.82) is 0 Å². The molecule has 0 spiro atoms. The van der Waals surface area contributed by atoms with E-state index in [0.717, 1.165) is 36.5 Å². The van der Waals surface area contributed by atoms with Gasteiger partial charge in [-0.3, -0.25) is 9.59 Å². The van der Waals surface area contributed by atoms with Gasteiger partial charge in [0.1, 0.15) is 5.69 Å². The maximum atomic E-state index is 12.9. The average Bonchev–Trinajstić information content (AvgIpc) is 3.44. The van der Waals surface area contributed by atoms with Gasteiger partial charge in [0.05, 0.1) is 30.1 Å². The van der Waals surface area contributed by atoms with E-state index in [-0.39, 0.29) is 30.5 Å². The summed E-state index contributed by atoms with van der Waals surface area (Å²) in [4.78, 5) is 25.5. The summed E-state index contributed by atoms with van der Waals surface area (Å²) in [6.45, 7) is 0.252. The van der Waals surface area contributed by atoms with Crippen LogP contribution < -0.4 is 10.9 Å². The molecule has 7 heteroatoms. The van der Waals surface area contributed by atoms with Crippen LogP contribution in [0.2, 0.25) is 0 Å². The molecule has 30 heavy (non-hydrogen) atoms. The summed E-state index contributed by atoms with van der Waals surface area (Å²) in [6.07, 6.45) is 4.29. The van der Waals surface area contributed by atoms with Crippen molar-refractivity contribution in [2.75, 3.05) is 0 Å². The maximum absolute atomic E-state index is 12.9. The minimum absolute atomic E-state index is 0.0540. The van der Waals surface area contributed by atoms with Gasteiger partial charge in [0, 0.05) is 10.8 Å². The maximum Gasteiger partial charge on any atom is 0.274 e. The molecular weight excluding hydrogens is 380 g/mol. The Balaban J connectivity index is 1.40. The van der Waals surface area contributed by atoms with Crippen molar-refractivity contribution in [3.8, 4) is 0 Å². The van der Waals surface area contributed by atoms with Gasteiger partial charge in [-0.25, -0.2) is 4.68 Å². The van der Waals surface area contributed by atoms with Gasteiger partial charge in [-0.15, -0.1) is 0 Å². The first-order chi connectivity index (χ1) is 14.7. The molecule has 0 saturated heterocycles. The Kier molecular flexibility index (Phi) is 4.78. The van der Waals surface area contributed by atoms with Gasteiger partial charge in [0.25, 0.3) is 5.56 Å². The van der Waals surface area contributed by atoms with Crippen LogP contribution in [-0.4, -0.2) is 20.8 Å². The lowest BCUT2D eigenvalue weighted by atomic mass is 10.1.